The summed E-state index contributed by atoms with van der Waals surface area (Å²) in [4.78, 5) is 6.39. The average molecular weight is 215 g/mol. The van der Waals surface area contributed by atoms with Gasteiger partial charge >= 0.3 is 0 Å². The quantitative estimate of drug-likeness (QED) is 0.774. The number of nitrogens with zero attached hydrogens (tertiary/aromatic N) is 3. The van der Waals surface area contributed by atoms with Gasteiger partial charge in [0.1, 0.15) is 5.54 Å². The standard InChI is InChI=1S/C13H17N3/c1-13(11-14,16-7-2-3-8-16)9-12-5-4-6-15-10-12/h4-6,10H,2-3,7-9H2,1H3. The molecule has 3 heteroatoms. The van der Waals surface area contributed by atoms with Crippen LogP contribution in [0.25, 0.3) is 0 Å². The largest absolute Gasteiger partial charge is 0.285 e. The van der Waals surface area contributed by atoms with E-state index < -0.39 is 0 Å². The minimum atomic E-state index is -0.375. The number of aromatic nitrogens is 1. The van der Waals surface area contributed by atoms with Crippen LogP contribution in [0.5, 0.6) is 0 Å². The lowest BCUT2D eigenvalue weighted by Gasteiger charge is -2.32. The molecule has 1 unspecified atom stereocenters. The van der Waals surface area contributed by atoms with Crippen LogP contribution in [0, 0.1) is 11.3 Å². The summed E-state index contributed by atoms with van der Waals surface area (Å²) in [6, 6.07) is 6.44. The zero-order valence-electron chi connectivity index (χ0n) is 9.69. The number of pyridine rings is 1. The second-order valence-corrected chi connectivity index (χ2v) is 4.62. The van der Waals surface area contributed by atoms with E-state index in [-0.39, 0.29) is 5.54 Å². The Balaban J connectivity index is 2.13. The van der Waals surface area contributed by atoms with E-state index in [9.17, 15) is 5.26 Å². The Labute approximate surface area is 96.7 Å². The molecular weight excluding hydrogens is 198 g/mol. The third kappa shape index (κ3) is 2.23. The van der Waals surface area contributed by atoms with Crippen molar-refractivity contribution in [3.05, 3.63) is 30.1 Å². The first-order chi connectivity index (χ1) is 7.74. The molecule has 1 fully saturated rings. The summed E-state index contributed by atoms with van der Waals surface area (Å²) >= 11 is 0. The molecule has 0 spiro atoms. The van der Waals surface area contributed by atoms with E-state index in [0.717, 1.165) is 25.1 Å². The molecule has 3 nitrogen and oxygen atoms in total. The van der Waals surface area contributed by atoms with Crippen LogP contribution in [0.4, 0.5) is 0 Å². The van der Waals surface area contributed by atoms with Gasteiger partial charge in [-0.05, 0) is 44.5 Å². The molecule has 2 rings (SSSR count). The highest BCUT2D eigenvalue weighted by Gasteiger charge is 2.33. The van der Waals surface area contributed by atoms with Crippen LogP contribution in [0.15, 0.2) is 24.5 Å². The Bertz CT molecular complexity index is 376. The van der Waals surface area contributed by atoms with Gasteiger partial charge in [-0.1, -0.05) is 6.07 Å². The molecular formula is C13H17N3. The van der Waals surface area contributed by atoms with Gasteiger partial charge in [-0.15, -0.1) is 0 Å². The first kappa shape index (κ1) is 11.1. The van der Waals surface area contributed by atoms with E-state index in [1.807, 2.05) is 25.3 Å². The van der Waals surface area contributed by atoms with E-state index in [1.165, 1.54) is 12.8 Å². The molecule has 0 aliphatic carbocycles. The molecule has 1 saturated heterocycles. The molecule has 2 heterocycles. The van der Waals surface area contributed by atoms with E-state index >= 15 is 0 Å². The fraction of sp³-hybridized carbons (Fsp3) is 0.538. The van der Waals surface area contributed by atoms with Crippen LogP contribution in [0.3, 0.4) is 0 Å². The minimum absolute atomic E-state index is 0.375. The van der Waals surface area contributed by atoms with Crippen molar-refractivity contribution in [1.82, 2.24) is 9.88 Å². The molecule has 0 aromatic carbocycles. The van der Waals surface area contributed by atoms with Crippen molar-refractivity contribution in [2.45, 2.75) is 31.7 Å². The fourth-order valence-electron chi connectivity index (χ4n) is 2.33. The first-order valence-corrected chi connectivity index (χ1v) is 5.80. The van der Waals surface area contributed by atoms with E-state index in [1.54, 1.807) is 6.20 Å². The Morgan fingerprint density at radius 2 is 2.25 bits per heavy atom. The summed E-state index contributed by atoms with van der Waals surface area (Å²) in [5.41, 5.74) is 0.762. The van der Waals surface area contributed by atoms with Crippen LogP contribution >= 0.6 is 0 Å². The van der Waals surface area contributed by atoms with Gasteiger partial charge in [-0.3, -0.25) is 9.88 Å². The highest BCUT2D eigenvalue weighted by molar-refractivity contribution is 5.19. The van der Waals surface area contributed by atoms with E-state index in [0.29, 0.717) is 0 Å². The molecule has 84 valence electrons. The summed E-state index contributed by atoms with van der Waals surface area (Å²) in [6.45, 7) is 4.12. The van der Waals surface area contributed by atoms with Gasteiger partial charge in [-0.25, -0.2) is 0 Å². The predicted molar refractivity (Wildman–Crippen MR) is 62.8 cm³/mol. The van der Waals surface area contributed by atoms with Crippen molar-refractivity contribution >= 4 is 0 Å². The summed E-state index contributed by atoms with van der Waals surface area (Å²) in [5.74, 6) is 0. The van der Waals surface area contributed by atoms with Crippen molar-refractivity contribution in [2.24, 2.45) is 0 Å². The number of hydrogen-bond donors (Lipinski definition) is 0. The Kier molecular flexibility index (Phi) is 3.21. The molecule has 0 bridgehead atoms. The molecule has 0 N–H and O–H groups in total. The van der Waals surface area contributed by atoms with Crippen LogP contribution in [0.2, 0.25) is 0 Å². The van der Waals surface area contributed by atoms with E-state index in [4.69, 9.17) is 0 Å². The maximum absolute atomic E-state index is 9.39. The molecule has 1 atom stereocenters. The van der Waals surface area contributed by atoms with Gasteiger partial charge < -0.3 is 0 Å². The minimum Gasteiger partial charge on any atom is -0.285 e. The lowest BCUT2D eigenvalue weighted by Crippen LogP contribution is -2.45. The predicted octanol–water partition coefficient (Wildman–Crippen LogP) is 2.00. The molecule has 1 aliphatic rings. The Morgan fingerprint density at radius 1 is 1.50 bits per heavy atom. The van der Waals surface area contributed by atoms with Gasteiger partial charge in [0.2, 0.25) is 0 Å². The van der Waals surface area contributed by atoms with Crippen molar-refractivity contribution in [2.75, 3.05) is 13.1 Å². The van der Waals surface area contributed by atoms with Gasteiger partial charge in [0.25, 0.3) is 0 Å². The normalized spacial score (nSPS) is 20.2. The second-order valence-electron chi connectivity index (χ2n) is 4.62. The molecule has 1 aromatic heterocycles. The fourth-order valence-corrected chi connectivity index (χ4v) is 2.33. The molecule has 0 saturated carbocycles. The smallest absolute Gasteiger partial charge is 0.110 e. The number of likely N-dealkylation sites (tertiary alicyclic amines) is 1. The van der Waals surface area contributed by atoms with Crippen LogP contribution in [0.1, 0.15) is 25.3 Å². The zero-order chi connectivity index (χ0) is 11.4. The highest BCUT2D eigenvalue weighted by atomic mass is 15.2. The third-order valence-electron chi connectivity index (χ3n) is 3.32. The monoisotopic (exact) mass is 215 g/mol. The molecule has 1 aromatic rings. The topological polar surface area (TPSA) is 39.9 Å². The summed E-state index contributed by atoms with van der Waals surface area (Å²) in [5, 5.41) is 9.39. The van der Waals surface area contributed by atoms with Crippen LogP contribution < -0.4 is 0 Å². The van der Waals surface area contributed by atoms with Gasteiger partial charge in [0.15, 0.2) is 0 Å². The molecule has 0 amide bonds. The average Bonchev–Trinajstić information content (AvgIpc) is 2.84. The highest BCUT2D eigenvalue weighted by Crippen LogP contribution is 2.24. The van der Waals surface area contributed by atoms with Crippen molar-refractivity contribution in [3.63, 3.8) is 0 Å². The zero-order valence-corrected chi connectivity index (χ0v) is 9.69. The molecule has 16 heavy (non-hydrogen) atoms. The number of nitriles is 1. The maximum Gasteiger partial charge on any atom is 0.110 e. The van der Waals surface area contributed by atoms with Crippen LogP contribution in [-0.2, 0) is 6.42 Å². The Morgan fingerprint density at radius 3 is 2.81 bits per heavy atom. The lowest BCUT2D eigenvalue weighted by molar-refractivity contribution is 0.191. The third-order valence-corrected chi connectivity index (χ3v) is 3.32. The summed E-state index contributed by atoms with van der Waals surface area (Å²) < 4.78 is 0. The second kappa shape index (κ2) is 4.63. The van der Waals surface area contributed by atoms with Crippen LogP contribution in [-0.4, -0.2) is 28.5 Å². The van der Waals surface area contributed by atoms with Crippen molar-refractivity contribution in [3.8, 4) is 6.07 Å². The van der Waals surface area contributed by atoms with Crippen molar-refractivity contribution < 1.29 is 0 Å². The lowest BCUT2D eigenvalue weighted by atomic mass is 9.93. The molecule has 0 radical (unpaired) electrons. The van der Waals surface area contributed by atoms with Gasteiger partial charge in [-0.2, -0.15) is 5.26 Å². The maximum atomic E-state index is 9.39. The first-order valence-electron chi connectivity index (χ1n) is 5.80. The molecule has 1 aliphatic heterocycles. The number of hydrogen-bond acceptors (Lipinski definition) is 3. The van der Waals surface area contributed by atoms with E-state index in [2.05, 4.69) is 16.0 Å². The number of rotatable bonds is 3. The van der Waals surface area contributed by atoms with Crippen molar-refractivity contribution in [1.29, 1.82) is 5.26 Å². The SMILES string of the molecule is CC(C#N)(Cc1cccnc1)N1CCCC1. The van der Waals surface area contributed by atoms with Gasteiger partial charge in [0, 0.05) is 18.8 Å². The summed E-state index contributed by atoms with van der Waals surface area (Å²) in [6.07, 6.45) is 6.81. The van der Waals surface area contributed by atoms with Gasteiger partial charge in [0.05, 0.1) is 6.07 Å². The summed E-state index contributed by atoms with van der Waals surface area (Å²) in [7, 11) is 0. The Hall–Kier alpha value is -1.40.